The highest BCUT2D eigenvalue weighted by Gasteiger charge is 2.36. The predicted molar refractivity (Wildman–Crippen MR) is 100 cm³/mol. The van der Waals surface area contributed by atoms with Gasteiger partial charge in [0.1, 0.15) is 5.52 Å². The number of benzene rings is 1. The largest absolute Gasteiger partial charge is 0.441 e. The summed E-state index contributed by atoms with van der Waals surface area (Å²) in [6.45, 7) is 2.00. The van der Waals surface area contributed by atoms with E-state index in [9.17, 15) is 4.79 Å². The smallest absolute Gasteiger partial charge is 0.253 e. The van der Waals surface area contributed by atoms with Gasteiger partial charge in [-0.05, 0) is 44.9 Å². The van der Waals surface area contributed by atoms with Crippen LogP contribution in [0.5, 0.6) is 0 Å². The van der Waals surface area contributed by atoms with E-state index < -0.39 is 0 Å². The summed E-state index contributed by atoms with van der Waals surface area (Å²) >= 11 is 0. The summed E-state index contributed by atoms with van der Waals surface area (Å²) in [5.74, 6) is 0.656. The standard InChI is InChI=1S/C19H25N3O2.ClH/c1-3-17-21-18-15(8-5-9-16(18)24-17)19(23)20-12-10-13-6-4-7-14(11-12)22(13)2;/h5,8-9,12-14H,3-4,6-7,10-11H2,1-2H3,(H,20,23);1H. The number of amides is 1. The van der Waals surface area contributed by atoms with Crippen molar-refractivity contribution in [3.8, 4) is 0 Å². The summed E-state index contributed by atoms with van der Waals surface area (Å²) in [5.41, 5.74) is 2.00. The maximum Gasteiger partial charge on any atom is 0.253 e. The fraction of sp³-hybridized carbons (Fsp3) is 0.579. The lowest BCUT2D eigenvalue weighted by molar-refractivity contribution is 0.0463. The number of nitrogens with zero attached hydrogens (tertiary/aromatic N) is 2. The van der Waals surface area contributed by atoms with Crippen molar-refractivity contribution in [2.24, 2.45) is 0 Å². The van der Waals surface area contributed by atoms with Gasteiger partial charge in [0.25, 0.3) is 5.91 Å². The van der Waals surface area contributed by atoms with E-state index in [1.165, 1.54) is 19.3 Å². The number of para-hydroxylation sites is 1. The molecule has 3 heterocycles. The Hall–Kier alpha value is -1.59. The average molecular weight is 364 g/mol. The molecule has 136 valence electrons. The number of rotatable bonds is 3. The van der Waals surface area contributed by atoms with Crippen LogP contribution in [0.1, 0.15) is 55.3 Å². The second-order valence-electron chi connectivity index (χ2n) is 7.16. The first-order valence-electron chi connectivity index (χ1n) is 9.07. The third-order valence-electron chi connectivity index (χ3n) is 5.69. The normalized spacial score (nSPS) is 26.2. The summed E-state index contributed by atoms with van der Waals surface area (Å²) in [5, 5.41) is 3.26. The van der Waals surface area contributed by atoms with Gasteiger partial charge in [0.2, 0.25) is 0 Å². The Morgan fingerprint density at radius 3 is 2.72 bits per heavy atom. The lowest BCUT2D eigenvalue weighted by atomic mass is 9.82. The Morgan fingerprint density at radius 2 is 2.04 bits per heavy atom. The van der Waals surface area contributed by atoms with Crippen molar-refractivity contribution in [3.05, 3.63) is 29.7 Å². The third-order valence-corrected chi connectivity index (χ3v) is 5.69. The van der Waals surface area contributed by atoms with Gasteiger partial charge in [-0.25, -0.2) is 4.98 Å². The molecule has 2 aliphatic heterocycles. The number of nitrogens with one attached hydrogen (secondary N) is 1. The number of hydrogen-bond donors (Lipinski definition) is 1. The molecule has 0 radical (unpaired) electrons. The molecule has 0 spiro atoms. The van der Waals surface area contributed by atoms with Crippen molar-refractivity contribution in [1.82, 2.24) is 15.2 Å². The van der Waals surface area contributed by atoms with Crippen LogP contribution in [0.2, 0.25) is 0 Å². The summed E-state index contributed by atoms with van der Waals surface area (Å²) in [6, 6.07) is 7.06. The first-order valence-corrected chi connectivity index (χ1v) is 9.07. The van der Waals surface area contributed by atoms with E-state index in [-0.39, 0.29) is 24.4 Å². The van der Waals surface area contributed by atoms with Crippen LogP contribution in [0, 0.1) is 0 Å². The summed E-state index contributed by atoms with van der Waals surface area (Å²) in [7, 11) is 2.23. The van der Waals surface area contributed by atoms with Gasteiger partial charge in [-0.3, -0.25) is 4.79 Å². The van der Waals surface area contributed by atoms with E-state index in [2.05, 4.69) is 22.2 Å². The van der Waals surface area contributed by atoms with E-state index in [1.54, 1.807) is 0 Å². The molecule has 2 saturated heterocycles. The minimum absolute atomic E-state index is 0. The predicted octanol–water partition coefficient (Wildman–Crippen LogP) is 3.56. The number of carbonyl (C=O) groups is 1. The number of aromatic nitrogens is 1. The maximum absolute atomic E-state index is 12.8. The number of fused-ring (bicyclic) bond motifs is 3. The SMILES string of the molecule is CCc1nc2c(C(=O)NC3CC4CCCC(C3)N4C)cccc2o1.Cl. The van der Waals surface area contributed by atoms with Crippen LogP contribution >= 0.6 is 12.4 Å². The van der Waals surface area contributed by atoms with Crippen molar-refractivity contribution >= 4 is 29.4 Å². The molecule has 2 bridgehead atoms. The number of carbonyl (C=O) groups excluding carboxylic acids is 1. The molecule has 1 aromatic heterocycles. The molecular weight excluding hydrogens is 338 g/mol. The van der Waals surface area contributed by atoms with Gasteiger partial charge in [0.05, 0.1) is 5.56 Å². The van der Waals surface area contributed by atoms with Crippen LogP contribution in [0.4, 0.5) is 0 Å². The van der Waals surface area contributed by atoms with Crippen molar-refractivity contribution in [3.63, 3.8) is 0 Å². The van der Waals surface area contributed by atoms with Crippen molar-refractivity contribution in [2.75, 3.05) is 7.05 Å². The molecule has 4 rings (SSSR count). The molecule has 2 fully saturated rings. The van der Waals surface area contributed by atoms with Gasteiger partial charge in [0, 0.05) is 24.5 Å². The number of halogens is 1. The van der Waals surface area contributed by atoms with Gasteiger partial charge in [0.15, 0.2) is 11.5 Å². The number of aryl methyl sites for hydroxylation is 1. The Balaban J connectivity index is 0.00000182. The molecular formula is C19H26ClN3O2. The zero-order valence-electron chi connectivity index (χ0n) is 14.8. The van der Waals surface area contributed by atoms with E-state index in [1.807, 2.05) is 25.1 Å². The molecule has 25 heavy (non-hydrogen) atoms. The highest BCUT2D eigenvalue weighted by atomic mass is 35.5. The fourth-order valence-electron chi connectivity index (χ4n) is 4.33. The quantitative estimate of drug-likeness (QED) is 0.905. The van der Waals surface area contributed by atoms with Crippen molar-refractivity contribution in [2.45, 2.75) is 63.6 Å². The number of hydrogen-bond acceptors (Lipinski definition) is 4. The molecule has 2 unspecified atom stereocenters. The first kappa shape index (κ1) is 18.2. The second kappa shape index (κ2) is 7.34. The van der Waals surface area contributed by atoms with Crippen molar-refractivity contribution < 1.29 is 9.21 Å². The number of oxazole rings is 1. The average Bonchev–Trinajstić information content (AvgIpc) is 2.99. The molecule has 0 saturated carbocycles. The molecule has 1 aromatic carbocycles. The van der Waals surface area contributed by atoms with Gasteiger partial charge in [-0.1, -0.05) is 19.4 Å². The van der Waals surface area contributed by atoms with Gasteiger partial charge in [-0.15, -0.1) is 12.4 Å². The minimum Gasteiger partial charge on any atom is -0.441 e. The lowest BCUT2D eigenvalue weighted by Gasteiger charge is -2.47. The second-order valence-corrected chi connectivity index (χ2v) is 7.16. The zero-order chi connectivity index (χ0) is 16.7. The Labute approximate surface area is 154 Å². The zero-order valence-corrected chi connectivity index (χ0v) is 15.6. The molecule has 1 amide bonds. The van der Waals surface area contributed by atoms with E-state index >= 15 is 0 Å². The van der Waals surface area contributed by atoms with Gasteiger partial charge in [-0.2, -0.15) is 0 Å². The van der Waals surface area contributed by atoms with E-state index in [0.717, 1.165) is 19.3 Å². The topological polar surface area (TPSA) is 58.4 Å². The van der Waals surface area contributed by atoms with Crippen LogP contribution in [-0.2, 0) is 6.42 Å². The van der Waals surface area contributed by atoms with E-state index in [4.69, 9.17) is 4.42 Å². The number of piperidine rings is 2. The Kier molecular flexibility index (Phi) is 5.35. The van der Waals surface area contributed by atoms with Crippen LogP contribution in [0.3, 0.4) is 0 Å². The molecule has 2 aliphatic rings. The third kappa shape index (κ3) is 3.40. The summed E-state index contributed by atoms with van der Waals surface area (Å²) < 4.78 is 5.67. The Bertz CT molecular complexity index is 746. The molecule has 0 aliphatic carbocycles. The Morgan fingerprint density at radius 1 is 1.32 bits per heavy atom. The molecule has 1 N–H and O–H groups in total. The van der Waals surface area contributed by atoms with Gasteiger partial charge < -0.3 is 14.6 Å². The molecule has 2 atom stereocenters. The van der Waals surface area contributed by atoms with Crippen LogP contribution in [-0.4, -0.2) is 41.0 Å². The van der Waals surface area contributed by atoms with Crippen LogP contribution in [0.25, 0.3) is 11.1 Å². The molecule has 6 heteroatoms. The molecule has 5 nitrogen and oxygen atoms in total. The van der Waals surface area contributed by atoms with Crippen LogP contribution in [0.15, 0.2) is 22.6 Å². The van der Waals surface area contributed by atoms with Gasteiger partial charge >= 0.3 is 0 Å². The van der Waals surface area contributed by atoms with Crippen LogP contribution < -0.4 is 5.32 Å². The highest BCUT2D eigenvalue weighted by Crippen LogP contribution is 2.32. The summed E-state index contributed by atoms with van der Waals surface area (Å²) in [4.78, 5) is 19.8. The monoisotopic (exact) mass is 363 g/mol. The lowest BCUT2D eigenvalue weighted by Crippen LogP contribution is -2.55. The minimum atomic E-state index is -0.0239. The maximum atomic E-state index is 12.8. The fourth-order valence-corrected chi connectivity index (χ4v) is 4.33. The van der Waals surface area contributed by atoms with E-state index in [0.29, 0.717) is 34.6 Å². The van der Waals surface area contributed by atoms with Crippen molar-refractivity contribution in [1.29, 1.82) is 0 Å². The summed E-state index contributed by atoms with van der Waals surface area (Å²) in [6.07, 6.45) is 6.64. The first-order chi connectivity index (χ1) is 11.7. The molecule has 2 aromatic rings. The highest BCUT2D eigenvalue weighted by molar-refractivity contribution is 6.04.